The number of hydrogen-bond donors (Lipinski definition) is 1. The number of aryl methyl sites for hydroxylation is 2. The first-order valence-electron chi connectivity index (χ1n) is 9.59. The highest BCUT2D eigenvalue weighted by atomic mass is 35.5. The summed E-state index contributed by atoms with van der Waals surface area (Å²) in [7, 11) is 1.88. The Morgan fingerprint density at radius 3 is 2.82 bits per heavy atom. The Bertz CT molecular complexity index is 757. The molecular formula is C20H30ClN5O2. The van der Waals surface area contributed by atoms with Crippen LogP contribution in [-0.4, -0.2) is 51.3 Å². The van der Waals surface area contributed by atoms with Gasteiger partial charge in [0.1, 0.15) is 5.69 Å². The lowest BCUT2D eigenvalue weighted by atomic mass is 10.1. The number of ether oxygens (including phenoxy) is 1. The molecule has 0 radical (unpaired) electrons. The van der Waals surface area contributed by atoms with E-state index in [4.69, 9.17) is 4.74 Å². The van der Waals surface area contributed by atoms with Gasteiger partial charge < -0.3 is 15.0 Å². The number of halogens is 1. The standard InChI is InChI=1S/C20H29N5O2.ClH/c1-15-20(16(2)24(3)23-15)27-14-19(26)25(13-17-7-4-5-11-22-17)18-8-6-10-21-12-9-18;/h4-5,7,11,18,21H,6,8-10,12-14H2,1-3H3;1H. The fraction of sp³-hybridized carbons (Fsp3) is 0.550. The Morgan fingerprint density at radius 1 is 1.32 bits per heavy atom. The number of pyridine rings is 1. The van der Waals surface area contributed by atoms with Gasteiger partial charge in [0.05, 0.1) is 17.9 Å². The molecule has 1 aliphatic heterocycles. The second-order valence-electron chi connectivity index (χ2n) is 7.09. The normalized spacial score (nSPS) is 16.8. The monoisotopic (exact) mass is 407 g/mol. The van der Waals surface area contributed by atoms with Gasteiger partial charge in [-0.3, -0.25) is 14.5 Å². The molecule has 0 aromatic carbocycles. The lowest BCUT2D eigenvalue weighted by Crippen LogP contribution is -2.43. The lowest BCUT2D eigenvalue weighted by molar-refractivity contribution is -0.136. The minimum absolute atomic E-state index is 0. The van der Waals surface area contributed by atoms with Gasteiger partial charge >= 0.3 is 0 Å². The number of rotatable bonds is 6. The SMILES string of the molecule is Cc1nn(C)c(C)c1OCC(=O)N(Cc1ccccn1)C1CCCNCC1.Cl. The van der Waals surface area contributed by atoms with E-state index in [1.807, 2.05) is 44.0 Å². The van der Waals surface area contributed by atoms with Crippen molar-refractivity contribution in [2.45, 2.75) is 45.7 Å². The van der Waals surface area contributed by atoms with Crippen LogP contribution in [0.15, 0.2) is 24.4 Å². The first kappa shape index (κ1) is 22.2. The number of nitrogens with zero attached hydrogens (tertiary/aromatic N) is 4. The van der Waals surface area contributed by atoms with Gasteiger partial charge in [-0.2, -0.15) is 5.10 Å². The van der Waals surface area contributed by atoms with Crippen molar-refractivity contribution in [3.05, 3.63) is 41.5 Å². The smallest absolute Gasteiger partial charge is 0.261 e. The van der Waals surface area contributed by atoms with E-state index in [-0.39, 0.29) is 31.0 Å². The molecule has 3 rings (SSSR count). The van der Waals surface area contributed by atoms with Gasteiger partial charge in [-0.25, -0.2) is 0 Å². The summed E-state index contributed by atoms with van der Waals surface area (Å²) in [4.78, 5) is 19.4. The van der Waals surface area contributed by atoms with Gasteiger partial charge in [-0.15, -0.1) is 12.4 Å². The van der Waals surface area contributed by atoms with E-state index in [2.05, 4.69) is 15.4 Å². The summed E-state index contributed by atoms with van der Waals surface area (Å²) in [6.07, 6.45) is 4.78. The molecule has 28 heavy (non-hydrogen) atoms. The van der Waals surface area contributed by atoms with Crippen molar-refractivity contribution in [1.82, 2.24) is 25.0 Å². The van der Waals surface area contributed by atoms with Crippen LogP contribution in [0.25, 0.3) is 0 Å². The largest absolute Gasteiger partial charge is 0.480 e. The Labute approximate surface area is 172 Å². The molecule has 1 unspecified atom stereocenters. The molecule has 3 heterocycles. The van der Waals surface area contributed by atoms with Crippen LogP contribution in [0.4, 0.5) is 0 Å². The molecular weight excluding hydrogens is 378 g/mol. The molecule has 1 atom stereocenters. The minimum Gasteiger partial charge on any atom is -0.480 e. The maximum absolute atomic E-state index is 13.1. The van der Waals surface area contributed by atoms with E-state index in [1.54, 1.807) is 10.9 Å². The number of carbonyl (C=O) groups excluding carboxylic acids is 1. The number of hydrogen-bond acceptors (Lipinski definition) is 5. The highest BCUT2D eigenvalue weighted by molar-refractivity contribution is 5.85. The average molecular weight is 408 g/mol. The molecule has 0 spiro atoms. The summed E-state index contributed by atoms with van der Waals surface area (Å²) in [5, 5.41) is 7.77. The number of aromatic nitrogens is 3. The second kappa shape index (κ2) is 10.4. The summed E-state index contributed by atoms with van der Waals surface area (Å²) in [6.45, 7) is 6.31. The average Bonchev–Trinajstić information content (AvgIpc) is 2.87. The summed E-state index contributed by atoms with van der Waals surface area (Å²) in [6, 6.07) is 6.01. The number of carbonyl (C=O) groups is 1. The topological polar surface area (TPSA) is 72.3 Å². The molecule has 1 aliphatic rings. The van der Waals surface area contributed by atoms with Crippen molar-refractivity contribution in [3.63, 3.8) is 0 Å². The quantitative estimate of drug-likeness (QED) is 0.796. The van der Waals surface area contributed by atoms with E-state index >= 15 is 0 Å². The third-order valence-electron chi connectivity index (χ3n) is 5.15. The Kier molecular flexibility index (Phi) is 8.26. The third kappa shape index (κ3) is 5.45. The first-order chi connectivity index (χ1) is 13.1. The molecule has 0 saturated carbocycles. The zero-order valence-electron chi connectivity index (χ0n) is 16.9. The molecule has 2 aromatic rings. The van der Waals surface area contributed by atoms with Gasteiger partial charge in [0.15, 0.2) is 12.4 Å². The van der Waals surface area contributed by atoms with Crippen LogP contribution in [0, 0.1) is 13.8 Å². The van der Waals surface area contributed by atoms with Crippen LogP contribution in [-0.2, 0) is 18.4 Å². The third-order valence-corrected chi connectivity index (χ3v) is 5.15. The highest BCUT2D eigenvalue weighted by Gasteiger charge is 2.26. The maximum atomic E-state index is 13.1. The molecule has 2 aromatic heterocycles. The zero-order chi connectivity index (χ0) is 19.2. The van der Waals surface area contributed by atoms with Crippen molar-refractivity contribution in [3.8, 4) is 5.75 Å². The molecule has 1 N–H and O–H groups in total. The van der Waals surface area contributed by atoms with Crippen molar-refractivity contribution in [1.29, 1.82) is 0 Å². The molecule has 7 nitrogen and oxygen atoms in total. The van der Waals surface area contributed by atoms with Crippen molar-refractivity contribution < 1.29 is 9.53 Å². The molecule has 0 aliphatic carbocycles. The molecule has 0 bridgehead atoms. The summed E-state index contributed by atoms with van der Waals surface area (Å²) >= 11 is 0. The van der Waals surface area contributed by atoms with E-state index in [1.165, 1.54) is 0 Å². The van der Waals surface area contributed by atoms with E-state index < -0.39 is 0 Å². The Morgan fingerprint density at radius 2 is 2.14 bits per heavy atom. The Balaban J connectivity index is 0.00000280. The molecule has 1 fully saturated rings. The van der Waals surface area contributed by atoms with Crippen molar-refractivity contribution >= 4 is 18.3 Å². The molecule has 1 amide bonds. The van der Waals surface area contributed by atoms with Gasteiger partial charge in [-0.05, 0) is 58.3 Å². The maximum Gasteiger partial charge on any atom is 0.261 e. The van der Waals surface area contributed by atoms with Crippen LogP contribution in [0.1, 0.15) is 36.3 Å². The van der Waals surface area contributed by atoms with Crippen LogP contribution in [0.5, 0.6) is 5.75 Å². The molecule has 154 valence electrons. The Hall–Kier alpha value is -2.12. The van der Waals surface area contributed by atoms with Crippen molar-refractivity contribution in [2.75, 3.05) is 19.7 Å². The molecule has 8 heteroatoms. The fourth-order valence-electron chi connectivity index (χ4n) is 3.58. The summed E-state index contributed by atoms with van der Waals surface area (Å²) < 4.78 is 7.66. The van der Waals surface area contributed by atoms with Crippen LogP contribution >= 0.6 is 12.4 Å². The predicted octanol–water partition coefficient (Wildman–Crippen LogP) is 2.40. The van der Waals surface area contributed by atoms with Gasteiger partial charge in [0.25, 0.3) is 5.91 Å². The van der Waals surface area contributed by atoms with Crippen molar-refractivity contribution in [2.24, 2.45) is 7.05 Å². The van der Waals surface area contributed by atoms with Crippen LogP contribution in [0.3, 0.4) is 0 Å². The first-order valence-corrected chi connectivity index (χ1v) is 9.59. The zero-order valence-corrected chi connectivity index (χ0v) is 17.7. The van der Waals surface area contributed by atoms with Crippen LogP contribution in [0.2, 0.25) is 0 Å². The van der Waals surface area contributed by atoms with Gasteiger partial charge in [0, 0.05) is 19.3 Å². The van der Waals surface area contributed by atoms with E-state index in [9.17, 15) is 4.79 Å². The highest BCUT2D eigenvalue weighted by Crippen LogP contribution is 2.22. The van der Waals surface area contributed by atoms with Gasteiger partial charge in [0.2, 0.25) is 0 Å². The predicted molar refractivity (Wildman–Crippen MR) is 111 cm³/mol. The minimum atomic E-state index is -0.00444. The van der Waals surface area contributed by atoms with E-state index in [0.29, 0.717) is 12.3 Å². The number of nitrogens with one attached hydrogen (secondary N) is 1. The fourth-order valence-corrected chi connectivity index (χ4v) is 3.58. The lowest BCUT2D eigenvalue weighted by Gasteiger charge is -2.31. The second-order valence-corrected chi connectivity index (χ2v) is 7.09. The molecule has 1 saturated heterocycles. The van der Waals surface area contributed by atoms with Gasteiger partial charge in [-0.1, -0.05) is 6.07 Å². The van der Waals surface area contributed by atoms with Crippen LogP contribution < -0.4 is 10.1 Å². The van der Waals surface area contributed by atoms with E-state index in [0.717, 1.165) is 49.4 Å². The summed E-state index contributed by atoms with van der Waals surface area (Å²) in [5.74, 6) is 0.696. The summed E-state index contributed by atoms with van der Waals surface area (Å²) in [5.41, 5.74) is 2.63. The number of amides is 1.